The van der Waals surface area contributed by atoms with E-state index >= 15 is 0 Å². The summed E-state index contributed by atoms with van der Waals surface area (Å²) in [6.07, 6.45) is 3.10. The molecule has 0 bridgehead atoms. The van der Waals surface area contributed by atoms with Gasteiger partial charge in [-0.2, -0.15) is 0 Å². The molecule has 1 aliphatic heterocycles. The van der Waals surface area contributed by atoms with Gasteiger partial charge in [-0.15, -0.1) is 0 Å². The van der Waals surface area contributed by atoms with Crippen LogP contribution in [0, 0.1) is 0 Å². The van der Waals surface area contributed by atoms with E-state index in [-0.39, 0.29) is 12.4 Å². The molecule has 0 aliphatic carbocycles. The van der Waals surface area contributed by atoms with Gasteiger partial charge in [0.25, 0.3) is 0 Å². The lowest BCUT2D eigenvalue weighted by molar-refractivity contribution is 0.104. The molecule has 0 unspecified atom stereocenters. The molecule has 3 aromatic rings. The topological polar surface area (TPSA) is 57.9 Å². The lowest BCUT2D eigenvalue weighted by Gasteiger charge is -2.18. The maximum Gasteiger partial charge on any atom is 0.186 e. The number of benzene rings is 2. The molecule has 2 aromatic carbocycles. The zero-order valence-corrected chi connectivity index (χ0v) is 20.3. The Hall–Kier alpha value is -2.03. The summed E-state index contributed by atoms with van der Waals surface area (Å²) < 4.78 is 25.2. The van der Waals surface area contributed by atoms with Gasteiger partial charge in [0, 0.05) is 10.0 Å². The highest BCUT2D eigenvalue weighted by atomic mass is 79.9. The smallest absolute Gasteiger partial charge is 0.186 e. The molecule has 1 aliphatic rings. The molecule has 2 heterocycles. The first-order chi connectivity index (χ1) is 14.5. The highest BCUT2D eigenvalue weighted by Gasteiger charge is 2.14. The second-order valence-corrected chi connectivity index (χ2v) is 8.97. The van der Waals surface area contributed by atoms with Crippen LogP contribution < -0.4 is 14.2 Å². The van der Waals surface area contributed by atoms with Gasteiger partial charge in [0.2, 0.25) is 0 Å². The fourth-order valence-corrected chi connectivity index (χ4v) is 5.31. The standard InChI is InChI=1S/C22H15Br3O5/c23-14-10-17(24)22(18(25)11-14)29-12-16-3-2-15(30-16)4-5-19(26)13-1-6-20-21(9-13)28-8-7-27-20/h1-6,9-11H,7-8,12H2/b5-4+. The number of carbonyl (C=O) groups excluding carboxylic acids is 1. The fraction of sp³-hybridized carbons (Fsp3) is 0.136. The van der Waals surface area contributed by atoms with E-state index in [0.29, 0.717) is 47.5 Å². The van der Waals surface area contributed by atoms with E-state index in [4.69, 9.17) is 18.6 Å². The largest absolute Gasteiger partial charge is 0.486 e. The van der Waals surface area contributed by atoms with E-state index in [1.54, 1.807) is 30.3 Å². The van der Waals surface area contributed by atoms with Gasteiger partial charge < -0.3 is 18.6 Å². The Labute approximate surface area is 198 Å². The zero-order chi connectivity index (χ0) is 21.1. The predicted octanol–water partition coefficient (Wildman–Crippen LogP) is 6.81. The summed E-state index contributed by atoms with van der Waals surface area (Å²) in [5.74, 6) is 2.98. The number of hydrogen-bond donors (Lipinski definition) is 0. The van der Waals surface area contributed by atoms with Crippen molar-refractivity contribution >= 4 is 59.6 Å². The average Bonchev–Trinajstić information content (AvgIpc) is 3.18. The van der Waals surface area contributed by atoms with Crippen molar-refractivity contribution in [3.63, 3.8) is 0 Å². The van der Waals surface area contributed by atoms with Crippen LogP contribution >= 0.6 is 47.8 Å². The number of allylic oxidation sites excluding steroid dienone is 1. The molecule has 0 spiro atoms. The third kappa shape index (κ3) is 4.99. The third-order valence-electron chi connectivity index (χ3n) is 4.23. The third-order valence-corrected chi connectivity index (χ3v) is 5.87. The number of ketones is 1. The van der Waals surface area contributed by atoms with Crippen molar-refractivity contribution in [3.8, 4) is 17.2 Å². The molecule has 30 heavy (non-hydrogen) atoms. The quantitative estimate of drug-likeness (QED) is 0.230. The molecule has 8 heteroatoms. The van der Waals surface area contributed by atoms with Crippen molar-refractivity contribution in [2.24, 2.45) is 0 Å². The van der Waals surface area contributed by atoms with E-state index in [1.165, 1.54) is 6.08 Å². The van der Waals surface area contributed by atoms with E-state index in [0.717, 1.165) is 13.4 Å². The van der Waals surface area contributed by atoms with Gasteiger partial charge in [-0.25, -0.2) is 0 Å². The van der Waals surface area contributed by atoms with Crippen molar-refractivity contribution < 1.29 is 23.4 Å². The van der Waals surface area contributed by atoms with Crippen molar-refractivity contribution in [2.45, 2.75) is 6.61 Å². The number of furan rings is 1. The first-order valence-corrected chi connectivity index (χ1v) is 11.4. The Morgan fingerprint density at radius 1 is 0.967 bits per heavy atom. The molecule has 0 atom stereocenters. The monoisotopic (exact) mass is 596 g/mol. The zero-order valence-electron chi connectivity index (χ0n) is 15.5. The number of hydrogen-bond acceptors (Lipinski definition) is 5. The maximum atomic E-state index is 12.5. The summed E-state index contributed by atoms with van der Waals surface area (Å²) in [5.41, 5.74) is 0.524. The van der Waals surface area contributed by atoms with Gasteiger partial charge in [0.15, 0.2) is 17.3 Å². The van der Waals surface area contributed by atoms with Gasteiger partial charge in [0.1, 0.15) is 37.1 Å². The summed E-state index contributed by atoms with van der Waals surface area (Å²) in [6, 6.07) is 12.6. The summed E-state index contributed by atoms with van der Waals surface area (Å²) >= 11 is 10.4. The van der Waals surface area contributed by atoms with Crippen LogP contribution in [0.5, 0.6) is 17.2 Å². The molecule has 1 aromatic heterocycles. The predicted molar refractivity (Wildman–Crippen MR) is 123 cm³/mol. The minimum atomic E-state index is -0.149. The Morgan fingerprint density at radius 3 is 2.47 bits per heavy atom. The molecule has 154 valence electrons. The highest BCUT2D eigenvalue weighted by Crippen LogP contribution is 2.37. The molecule has 4 rings (SSSR count). The molecular weight excluding hydrogens is 584 g/mol. The van der Waals surface area contributed by atoms with Gasteiger partial charge >= 0.3 is 0 Å². The fourth-order valence-electron chi connectivity index (χ4n) is 2.82. The molecule has 0 saturated carbocycles. The van der Waals surface area contributed by atoms with E-state index < -0.39 is 0 Å². The molecule has 0 fully saturated rings. The van der Waals surface area contributed by atoms with Crippen LogP contribution in [0.25, 0.3) is 6.08 Å². The molecule has 0 amide bonds. The summed E-state index contributed by atoms with van der Waals surface area (Å²) in [4.78, 5) is 12.5. The van der Waals surface area contributed by atoms with Gasteiger partial charge in [0.05, 0.1) is 8.95 Å². The van der Waals surface area contributed by atoms with Gasteiger partial charge in [-0.3, -0.25) is 4.79 Å². The van der Waals surface area contributed by atoms with E-state index in [2.05, 4.69) is 47.8 Å². The SMILES string of the molecule is O=C(/C=C/c1ccc(COc2c(Br)cc(Br)cc2Br)o1)c1ccc2c(c1)OCCO2. The number of fused-ring (bicyclic) bond motifs is 1. The number of carbonyl (C=O) groups is 1. The van der Waals surface area contributed by atoms with Crippen LogP contribution in [-0.2, 0) is 6.61 Å². The first-order valence-electron chi connectivity index (χ1n) is 8.98. The summed E-state index contributed by atoms with van der Waals surface area (Å²) in [6.45, 7) is 1.24. The molecule has 0 N–H and O–H groups in total. The number of rotatable bonds is 6. The van der Waals surface area contributed by atoms with Crippen LogP contribution in [0.15, 0.2) is 66.4 Å². The maximum absolute atomic E-state index is 12.5. The Balaban J connectivity index is 1.39. The summed E-state index contributed by atoms with van der Waals surface area (Å²) in [5, 5.41) is 0. The summed E-state index contributed by atoms with van der Waals surface area (Å²) in [7, 11) is 0. The average molecular weight is 599 g/mol. The second kappa shape index (κ2) is 9.41. The molecule has 0 saturated heterocycles. The minimum Gasteiger partial charge on any atom is -0.486 e. The second-order valence-electron chi connectivity index (χ2n) is 6.35. The van der Waals surface area contributed by atoms with Crippen LogP contribution in [-0.4, -0.2) is 19.0 Å². The van der Waals surface area contributed by atoms with Crippen LogP contribution in [0.4, 0.5) is 0 Å². The lowest BCUT2D eigenvalue weighted by atomic mass is 10.1. The minimum absolute atomic E-state index is 0.149. The van der Waals surface area contributed by atoms with Gasteiger partial charge in [-0.1, -0.05) is 15.9 Å². The molecule has 5 nitrogen and oxygen atoms in total. The number of halogens is 3. The van der Waals surface area contributed by atoms with Crippen LogP contribution in [0.1, 0.15) is 21.9 Å². The van der Waals surface area contributed by atoms with Crippen molar-refractivity contribution in [1.29, 1.82) is 0 Å². The van der Waals surface area contributed by atoms with Crippen molar-refractivity contribution in [3.05, 3.63) is 79.0 Å². The normalized spacial score (nSPS) is 12.9. The Kier molecular flexibility index (Phi) is 6.65. The first kappa shape index (κ1) is 21.2. The van der Waals surface area contributed by atoms with Crippen molar-refractivity contribution in [2.75, 3.05) is 13.2 Å². The van der Waals surface area contributed by atoms with E-state index in [1.807, 2.05) is 18.2 Å². The Morgan fingerprint density at radius 2 is 1.70 bits per heavy atom. The number of ether oxygens (including phenoxy) is 3. The highest BCUT2D eigenvalue weighted by molar-refractivity contribution is 9.11. The van der Waals surface area contributed by atoms with Gasteiger partial charge in [-0.05, 0) is 86.5 Å². The Bertz CT molecular complexity index is 1100. The molecular formula is C22H15Br3O5. The van der Waals surface area contributed by atoms with Crippen molar-refractivity contribution in [1.82, 2.24) is 0 Å². The lowest BCUT2D eigenvalue weighted by Crippen LogP contribution is -2.15. The van der Waals surface area contributed by atoms with Crippen LogP contribution in [0.2, 0.25) is 0 Å². The molecule has 0 radical (unpaired) electrons. The van der Waals surface area contributed by atoms with Crippen LogP contribution in [0.3, 0.4) is 0 Å². The van der Waals surface area contributed by atoms with E-state index in [9.17, 15) is 4.79 Å².